The van der Waals surface area contributed by atoms with Crippen LogP contribution in [0.2, 0.25) is 0 Å². The summed E-state index contributed by atoms with van der Waals surface area (Å²) in [4.78, 5) is 19.8. The first-order chi connectivity index (χ1) is 10.3. The monoisotopic (exact) mass is 287 g/mol. The zero-order chi connectivity index (χ0) is 14.5. The smallest absolute Gasteiger partial charge is 0.275 e. The Balaban J connectivity index is 1.58. The lowest BCUT2D eigenvalue weighted by molar-refractivity contribution is 0.0601. The number of anilines is 1. The molecule has 0 aromatic carbocycles. The highest BCUT2D eigenvalue weighted by Gasteiger charge is 2.15. The van der Waals surface area contributed by atoms with Gasteiger partial charge in [-0.15, -0.1) is 0 Å². The standard InChI is InChI=1S/C14H17N5O2/c20-14(13-8-15-3-4-16-13)18-12-7-17-19(10-12)9-11-1-5-21-6-2-11/h3-4,7-8,10-11H,1-2,5-6,9H2,(H,18,20). The maximum atomic E-state index is 11.9. The molecule has 7 heteroatoms. The number of nitrogens with zero attached hydrogens (tertiary/aromatic N) is 4. The molecule has 1 saturated heterocycles. The van der Waals surface area contributed by atoms with E-state index in [0.29, 0.717) is 11.6 Å². The van der Waals surface area contributed by atoms with E-state index in [0.717, 1.165) is 32.6 Å². The van der Waals surface area contributed by atoms with Gasteiger partial charge in [0.1, 0.15) is 5.69 Å². The Morgan fingerprint density at radius 1 is 1.33 bits per heavy atom. The van der Waals surface area contributed by atoms with Crippen molar-refractivity contribution in [2.75, 3.05) is 18.5 Å². The van der Waals surface area contributed by atoms with E-state index in [4.69, 9.17) is 4.74 Å². The van der Waals surface area contributed by atoms with Gasteiger partial charge in [0.25, 0.3) is 5.91 Å². The minimum absolute atomic E-state index is 0.284. The van der Waals surface area contributed by atoms with Gasteiger partial charge < -0.3 is 10.1 Å². The summed E-state index contributed by atoms with van der Waals surface area (Å²) < 4.78 is 7.21. The largest absolute Gasteiger partial charge is 0.381 e. The van der Waals surface area contributed by atoms with Crippen LogP contribution in [0.4, 0.5) is 5.69 Å². The van der Waals surface area contributed by atoms with E-state index in [1.54, 1.807) is 6.20 Å². The molecular formula is C14H17N5O2. The van der Waals surface area contributed by atoms with E-state index in [-0.39, 0.29) is 11.6 Å². The highest BCUT2D eigenvalue weighted by Crippen LogP contribution is 2.17. The fourth-order valence-corrected chi connectivity index (χ4v) is 2.33. The topological polar surface area (TPSA) is 81.9 Å². The second-order valence-electron chi connectivity index (χ2n) is 5.05. The Bertz CT molecular complexity index is 592. The summed E-state index contributed by atoms with van der Waals surface area (Å²) in [6.45, 7) is 2.49. The minimum Gasteiger partial charge on any atom is -0.381 e. The van der Waals surface area contributed by atoms with Crippen molar-refractivity contribution < 1.29 is 9.53 Å². The molecule has 0 saturated carbocycles. The van der Waals surface area contributed by atoms with E-state index < -0.39 is 0 Å². The number of hydrogen-bond acceptors (Lipinski definition) is 5. The van der Waals surface area contributed by atoms with Crippen LogP contribution in [0.1, 0.15) is 23.3 Å². The Labute approximate surface area is 122 Å². The van der Waals surface area contributed by atoms with Crippen molar-refractivity contribution in [3.63, 3.8) is 0 Å². The molecule has 1 N–H and O–H groups in total. The van der Waals surface area contributed by atoms with E-state index in [1.807, 2.05) is 10.9 Å². The summed E-state index contributed by atoms with van der Waals surface area (Å²) in [6.07, 6.45) is 10.0. The van der Waals surface area contributed by atoms with Crippen molar-refractivity contribution in [1.29, 1.82) is 0 Å². The molecule has 110 valence electrons. The van der Waals surface area contributed by atoms with Crippen molar-refractivity contribution in [3.8, 4) is 0 Å². The molecular weight excluding hydrogens is 270 g/mol. The maximum absolute atomic E-state index is 11.9. The fourth-order valence-electron chi connectivity index (χ4n) is 2.33. The van der Waals surface area contributed by atoms with Gasteiger partial charge in [0.2, 0.25) is 0 Å². The summed E-state index contributed by atoms with van der Waals surface area (Å²) in [5.74, 6) is 0.302. The third-order valence-corrected chi connectivity index (χ3v) is 3.47. The van der Waals surface area contributed by atoms with Crippen LogP contribution in [0.15, 0.2) is 31.0 Å². The Morgan fingerprint density at radius 2 is 2.19 bits per heavy atom. The lowest BCUT2D eigenvalue weighted by Crippen LogP contribution is -2.20. The molecule has 3 heterocycles. The number of nitrogens with one attached hydrogen (secondary N) is 1. The quantitative estimate of drug-likeness (QED) is 0.918. The number of carbonyl (C=O) groups is 1. The van der Waals surface area contributed by atoms with Crippen molar-refractivity contribution in [1.82, 2.24) is 19.7 Å². The van der Waals surface area contributed by atoms with Gasteiger partial charge in [0, 0.05) is 38.3 Å². The number of ether oxygens (including phenoxy) is 1. The first-order valence-corrected chi connectivity index (χ1v) is 6.99. The number of hydrogen-bond donors (Lipinski definition) is 1. The number of carbonyl (C=O) groups excluding carboxylic acids is 1. The number of rotatable bonds is 4. The molecule has 0 bridgehead atoms. The van der Waals surface area contributed by atoms with Gasteiger partial charge >= 0.3 is 0 Å². The molecule has 0 radical (unpaired) electrons. The minimum atomic E-state index is -0.284. The summed E-state index contributed by atoms with van der Waals surface area (Å²) in [7, 11) is 0. The molecule has 7 nitrogen and oxygen atoms in total. The van der Waals surface area contributed by atoms with E-state index in [9.17, 15) is 4.79 Å². The average Bonchev–Trinajstić information content (AvgIpc) is 2.96. The summed E-state index contributed by atoms with van der Waals surface area (Å²) in [6, 6.07) is 0. The van der Waals surface area contributed by atoms with Gasteiger partial charge in [-0.1, -0.05) is 0 Å². The van der Waals surface area contributed by atoms with Crippen molar-refractivity contribution in [3.05, 3.63) is 36.7 Å². The molecule has 0 aliphatic carbocycles. The normalized spacial score (nSPS) is 15.8. The number of aromatic nitrogens is 4. The van der Waals surface area contributed by atoms with E-state index >= 15 is 0 Å². The summed E-state index contributed by atoms with van der Waals surface area (Å²) in [5, 5.41) is 7.05. The first kappa shape index (κ1) is 13.7. The van der Waals surface area contributed by atoms with Crippen LogP contribution in [0.5, 0.6) is 0 Å². The van der Waals surface area contributed by atoms with Gasteiger partial charge in [0.05, 0.1) is 18.1 Å². The lowest BCUT2D eigenvalue weighted by atomic mass is 10.0. The molecule has 0 unspecified atom stereocenters. The third kappa shape index (κ3) is 3.63. The molecule has 1 fully saturated rings. The molecule has 2 aromatic rings. The van der Waals surface area contributed by atoms with Gasteiger partial charge in [-0.3, -0.25) is 14.5 Å². The van der Waals surface area contributed by atoms with E-state index in [1.165, 1.54) is 18.6 Å². The molecule has 1 aliphatic heterocycles. The molecule has 1 aliphatic rings. The van der Waals surface area contributed by atoms with Crippen LogP contribution in [0.25, 0.3) is 0 Å². The Kier molecular flexibility index (Phi) is 4.20. The van der Waals surface area contributed by atoms with Crippen molar-refractivity contribution in [2.45, 2.75) is 19.4 Å². The second-order valence-corrected chi connectivity index (χ2v) is 5.05. The Hall–Kier alpha value is -2.28. The van der Waals surface area contributed by atoms with Crippen molar-refractivity contribution in [2.24, 2.45) is 5.92 Å². The SMILES string of the molecule is O=C(Nc1cnn(CC2CCOCC2)c1)c1cnccn1. The predicted molar refractivity (Wildman–Crippen MR) is 75.8 cm³/mol. The zero-order valence-corrected chi connectivity index (χ0v) is 11.6. The zero-order valence-electron chi connectivity index (χ0n) is 11.6. The molecule has 3 rings (SSSR count). The molecule has 1 amide bonds. The summed E-state index contributed by atoms with van der Waals surface area (Å²) in [5.41, 5.74) is 0.951. The Morgan fingerprint density at radius 3 is 2.95 bits per heavy atom. The van der Waals surface area contributed by atoms with Crippen molar-refractivity contribution >= 4 is 11.6 Å². The second kappa shape index (κ2) is 6.45. The highest BCUT2D eigenvalue weighted by atomic mass is 16.5. The van der Waals surface area contributed by atoms with Crippen LogP contribution >= 0.6 is 0 Å². The molecule has 21 heavy (non-hydrogen) atoms. The lowest BCUT2D eigenvalue weighted by Gasteiger charge is -2.21. The van der Waals surface area contributed by atoms with Crippen LogP contribution in [-0.2, 0) is 11.3 Å². The van der Waals surface area contributed by atoms with Crippen LogP contribution in [0.3, 0.4) is 0 Å². The average molecular weight is 287 g/mol. The van der Waals surface area contributed by atoms with Gasteiger partial charge in [-0.2, -0.15) is 5.10 Å². The van der Waals surface area contributed by atoms with Crippen LogP contribution < -0.4 is 5.32 Å². The van der Waals surface area contributed by atoms with Crippen LogP contribution in [0, 0.1) is 5.92 Å². The van der Waals surface area contributed by atoms with Gasteiger partial charge in [0.15, 0.2) is 0 Å². The third-order valence-electron chi connectivity index (χ3n) is 3.47. The molecule has 2 aromatic heterocycles. The highest BCUT2D eigenvalue weighted by molar-refractivity contribution is 6.02. The predicted octanol–water partition coefficient (Wildman–Crippen LogP) is 1.35. The van der Waals surface area contributed by atoms with Gasteiger partial charge in [-0.25, -0.2) is 4.98 Å². The maximum Gasteiger partial charge on any atom is 0.275 e. The molecule has 0 spiro atoms. The molecule has 0 atom stereocenters. The fraction of sp³-hybridized carbons (Fsp3) is 0.429. The first-order valence-electron chi connectivity index (χ1n) is 6.99. The van der Waals surface area contributed by atoms with E-state index in [2.05, 4.69) is 20.4 Å². The number of amides is 1. The summed E-state index contributed by atoms with van der Waals surface area (Å²) >= 11 is 0. The van der Waals surface area contributed by atoms with Crippen LogP contribution in [-0.4, -0.2) is 38.9 Å². The van der Waals surface area contributed by atoms with Gasteiger partial charge in [-0.05, 0) is 18.8 Å².